The van der Waals surface area contributed by atoms with Crippen molar-refractivity contribution in [2.75, 3.05) is 5.32 Å². The van der Waals surface area contributed by atoms with Gasteiger partial charge in [-0.3, -0.25) is 9.59 Å². The molecule has 0 saturated heterocycles. The molecule has 0 aromatic heterocycles. The number of Topliss-reactive ketones (excluding diaryl/α,β-unsaturated/α-hetero) is 1. The molecule has 0 aliphatic heterocycles. The van der Waals surface area contributed by atoms with Gasteiger partial charge in [0.15, 0.2) is 5.78 Å². The standard InChI is InChI=1S/C20H12Cl5F4NO2/c21-11-2-1-9(7-10(11)14(31)3-4-19(27,28)29)30-18(32)16-15(20(16,24)25)8-5-12(22)17(23)13(26)6-8/h1-2,5-7,15-16H,3-4H2,(H,30,32). The SMILES string of the molecule is O=C(CCC(F)(F)F)c1cc(NC(=O)C2C(c3cc(F)c(Cl)c(Cl)c3)C2(Cl)Cl)ccc1Cl. The lowest BCUT2D eigenvalue weighted by molar-refractivity contribution is -0.133. The molecule has 0 spiro atoms. The van der Waals surface area contributed by atoms with Gasteiger partial charge in [-0.2, -0.15) is 13.2 Å². The highest BCUT2D eigenvalue weighted by molar-refractivity contribution is 6.53. The summed E-state index contributed by atoms with van der Waals surface area (Å²) in [5.41, 5.74) is 0.196. The molecule has 1 fully saturated rings. The molecule has 2 unspecified atom stereocenters. The zero-order valence-corrected chi connectivity index (χ0v) is 19.5. The van der Waals surface area contributed by atoms with E-state index in [1.165, 1.54) is 24.3 Å². The van der Waals surface area contributed by atoms with Gasteiger partial charge < -0.3 is 5.32 Å². The Balaban J connectivity index is 1.77. The molecule has 3 rings (SSSR count). The van der Waals surface area contributed by atoms with E-state index in [0.29, 0.717) is 0 Å². The third-order valence-electron chi connectivity index (χ3n) is 4.87. The van der Waals surface area contributed by atoms with Gasteiger partial charge >= 0.3 is 6.18 Å². The summed E-state index contributed by atoms with van der Waals surface area (Å²) < 4.78 is 49.6. The fourth-order valence-corrected chi connectivity index (χ4v) is 4.63. The summed E-state index contributed by atoms with van der Waals surface area (Å²) in [6, 6.07) is 6.22. The van der Waals surface area contributed by atoms with Crippen LogP contribution in [0.15, 0.2) is 30.3 Å². The summed E-state index contributed by atoms with van der Waals surface area (Å²) in [6.07, 6.45) is -6.59. The summed E-state index contributed by atoms with van der Waals surface area (Å²) in [5, 5.41) is 2.09. The first-order chi connectivity index (χ1) is 14.7. The van der Waals surface area contributed by atoms with Gasteiger partial charge in [-0.05, 0) is 35.9 Å². The number of anilines is 1. The number of halogens is 9. The number of carbonyl (C=O) groups excluding carboxylic acids is 2. The van der Waals surface area contributed by atoms with Crippen LogP contribution in [0, 0.1) is 11.7 Å². The number of benzene rings is 2. The zero-order chi connectivity index (χ0) is 24.0. The summed E-state index contributed by atoms with van der Waals surface area (Å²) in [7, 11) is 0. The van der Waals surface area contributed by atoms with E-state index in [1.54, 1.807) is 0 Å². The number of nitrogens with one attached hydrogen (secondary N) is 1. The molecule has 2 aromatic rings. The number of hydrogen-bond donors (Lipinski definition) is 1. The van der Waals surface area contributed by atoms with Crippen LogP contribution in [0.25, 0.3) is 0 Å². The zero-order valence-electron chi connectivity index (χ0n) is 15.7. The van der Waals surface area contributed by atoms with Crippen LogP contribution in [-0.2, 0) is 4.79 Å². The second-order valence-corrected chi connectivity index (χ2v) is 9.79. The average Bonchev–Trinajstić information content (AvgIpc) is 3.27. The minimum atomic E-state index is -4.50. The van der Waals surface area contributed by atoms with E-state index in [9.17, 15) is 27.2 Å². The first kappa shape index (κ1) is 25.4. The molecule has 172 valence electrons. The van der Waals surface area contributed by atoms with Gasteiger partial charge in [0, 0.05) is 23.6 Å². The number of carbonyl (C=O) groups is 2. The van der Waals surface area contributed by atoms with Crippen molar-refractivity contribution in [3.8, 4) is 0 Å². The molecule has 1 saturated carbocycles. The Morgan fingerprint density at radius 1 is 1.03 bits per heavy atom. The minimum Gasteiger partial charge on any atom is -0.326 e. The predicted molar refractivity (Wildman–Crippen MR) is 117 cm³/mol. The Morgan fingerprint density at radius 3 is 2.28 bits per heavy atom. The van der Waals surface area contributed by atoms with Gasteiger partial charge in [0.1, 0.15) is 10.2 Å². The number of alkyl halides is 5. The molecule has 0 heterocycles. The highest BCUT2D eigenvalue weighted by atomic mass is 35.5. The number of rotatable bonds is 6. The summed E-state index contributed by atoms with van der Waals surface area (Å²) in [5.74, 6) is -4.08. The maximum absolute atomic E-state index is 13.9. The van der Waals surface area contributed by atoms with Crippen molar-refractivity contribution in [2.45, 2.75) is 29.3 Å². The van der Waals surface area contributed by atoms with Gasteiger partial charge in [-0.1, -0.05) is 34.8 Å². The third-order valence-corrected chi connectivity index (χ3v) is 6.92. The second-order valence-electron chi connectivity index (χ2n) is 7.15. The van der Waals surface area contributed by atoms with E-state index in [-0.39, 0.29) is 31.9 Å². The molecule has 1 aliphatic carbocycles. The molecular weight excluding hydrogens is 539 g/mol. The summed E-state index contributed by atoms with van der Waals surface area (Å²) >= 11 is 30.0. The maximum atomic E-state index is 13.9. The van der Waals surface area contributed by atoms with Crippen molar-refractivity contribution in [3.63, 3.8) is 0 Å². The fraction of sp³-hybridized carbons (Fsp3) is 0.300. The second kappa shape index (κ2) is 9.18. The van der Waals surface area contributed by atoms with Gasteiger partial charge in [0.2, 0.25) is 5.91 Å². The van der Waals surface area contributed by atoms with E-state index in [2.05, 4.69) is 5.32 Å². The van der Waals surface area contributed by atoms with Crippen LogP contribution in [0.5, 0.6) is 0 Å². The van der Waals surface area contributed by atoms with Crippen molar-refractivity contribution < 1.29 is 27.2 Å². The molecule has 32 heavy (non-hydrogen) atoms. The van der Waals surface area contributed by atoms with Crippen LogP contribution >= 0.6 is 58.0 Å². The van der Waals surface area contributed by atoms with Crippen LogP contribution in [0.3, 0.4) is 0 Å². The molecule has 2 atom stereocenters. The quantitative estimate of drug-likeness (QED) is 0.172. The van der Waals surface area contributed by atoms with Gasteiger partial charge in [0.25, 0.3) is 0 Å². The van der Waals surface area contributed by atoms with E-state index in [4.69, 9.17) is 58.0 Å². The van der Waals surface area contributed by atoms with Crippen LogP contribution in [0.4, 0.5) is 23.2 Å². The van der Waals surface area contributed by atoms with E-state index in [1.807, 2.05) is 0 Å². The normalized spacial score (nSPS) is 19.5. The molecule has 1 amide bonds. The lowest BCUT2D eigenvalue weighted by Crippen LogP contribution is -2.17. The molecule has 0 bridgehead atoms. The molecule has 2 aromatic carbocycles. The third kappa shape index (κ3) is 5.45. The van der Waals surface area contributed by atoms with Crippen molar-refractivity contribution >= 4 is 75.4 Å². The number of amides is 1. The van der Waals surface area contributed by atoms with Gasteiger partial charge in [-0.25, -0.2) is 4.39 Å². The fourth-order valence-electron chi connectivity index (χ4n) is 3.25. The molecule has 0 radical (unpaired) electrons. The van der Waals surface area contributed by atoms with Crippen LogP contribution < -0.4 is 5.32 Å². The van der Waals surface area contributed by atoms with Crippen LogP contribution in [0.1, 0.15) is 34.7 Å². The smallest absolute Gasteiger partial charge is 0.326 e. The topological polar surface area (TPSA) is 46.2 Å². The van der Waals surface area contributed by atoms with Crippen molar-refractivity contribution in [1.29, 1.82) is 0 Å². The minimum absolute atomic E-state index is 0.0604. The van der Waals surface area contributed by atoms with Crippen LogP contribution in [0.2, 0.25) is 15.1 Å². The Bertz CT molecular complexity index is 1070. The highest BCUT2D eigenvalue weighted by Crippen LogP contribution is 2.65. The molecular formula is C20H12Cl5F4NO2. The summed E-state index contributed by atoms with van der Waals surface area (Å²) in [6.45, 7) is 0. The monoisotopic (exact) mass is 549 g/mol. The first-order valence-corrected chi connectivity index (χ1v) is 10.8. The number of hydrogen-bond acceptors (Lipinski definition) is 2. The summed E-state index contributed by atoms with van der Waals surface area (Å²) in [4.78, 5) is 24.9. The van der Waals surface area contributed by atoms with Crippen molar-refractivity contribution in [1.82, 2.24) is 0 Å². The Hall–Kier alpha value is -1.25. The first-order valence-electron chi connectivity index (χ1n) is 8.95. The molecule has 3 nitrogen and oxygen atoms in total. The lowest BCUT2D eigenvalue weighted by Gasteiger charge is -2.10. The van der Waals surface area contributed by atoms with E-state index in [0.717, 1.165) is 6.07 Å². The largest absolute Gasteiger partial charge is 0.389 e. The molecule has 1 aliphatic rings. The predicted octanol–water partition coefficient (Wildman–Crippen LogP) is 7.84. The Kier molecular flexibility index (Phi) is 7.28. The van der Waals surface area contributed by atoms with Crippen molar-refractivity contribution in [2.24, 2.45) is 5.92 Å². The average molecular weight is 552 g/mol. The Labute approximate surface area is 204 Å². The molecule has 12 heteroatoms. The van der Waals surface area contributed by atoms with Gasteiger partial charge in [-0.15, -0.1) is 23.2 Å². The number of ketones is 1. The van der Waals surface area contributed by atoms with Crippen molar-refractivity contribution in [3.05, 3.63) is 62.3 Å². The van der Waals surface area contributed by atoms with Crippen LogP contribution in [-0.4, -0.2) is 22.2 Å². The maximum Gasteiger partial charge on any atom is 0.389 e. The highest BCUT2D eigenvalue weighted by Gasteiger charge is 2.67. The van der Waals surface area contributed by atoms with E-state index >= 15 is 0 Å². The van der Waals surface area contributed by atoms with Gasteiger partial charge in [0.05, 0.1) is 27.4 Å². The molecule has 1 N–H and O–H groups in total. The Morgan fingerprint density at radius 2 is 1.69 bits per heavy atom. The van der Waals surface area contributed by atoms with E-state index < -0.39 is 52.7 Å². The lowest BCUT2D eigenvalue weighted by atomic mass is 10.1.